The summed E-state index contributed by atoms with van der Waals surface area (Å²) in [5.74, 6) is -0.441. The van der Waals surface area contributed by atoms with Crippen LogP contribution in [0.3, 0.4) is 0 Å². The number of benzene rings is 8. The summed E-state index contributed by atoms with van der Waals surface area (Å²) in [7, 11) is 0. The maximum atomic E-state index is 12.6. The van der Waals surface area contributed by atoms with Crippen LogP contribution in [0, 0.1) is 54.0 Å². The van der Waals surface area contributed by atoms with E-state index in [9.17, 15) is 8.78 Å². The molecule has 8 rings (SSSR count). The zero-order chi connectivity index (χ0) is 46.0. The van der Waals surface area contributed by atoms with Gasteiger partial charge >= 0.3 is 429 Å². The van der Waals surface area contributed by atoms with Gasteiger partial charge in [0.25, 0.3) is 0 Å². The van der Waals surface area contributed by atoms with Crippen LogP contribution in [0.15, 0.2) is 206 Å². The van der Waals surface area contributed by atoms with Gasteiger partial charge < -0.3 is 0 Å². The van der Waals surface area contributed by atoms with Gasteiger partial charge in [-0.25, -0.2) is 0 Å². The Balaban J connectivity index is 0.000000163. The molecule has 6 heteroatoms. The first kappa shape index (κ1) is 51.5. The Morgan fingerprint density at radius 2 is 0.469 bits per heavy atom. The first-order valence-electron chi connectivity index (χ1n) is 21.1. The third kappa shape index (κ3) is 19.2. The number of rotatable bonds is 8. The first-order valence-corrected chi connectivity index (χ1v) is 29.8. The van der Waals surface area contributed by atoms with Crippen molar-refractivity contribution in [3.05, 3.63) is 269 Å². The second-order valence-electron chi connectivity index (χ2n) is 16.9. The van der Waals surface area contributed by atoms with Crippen LogP contribution in [0.25, 0.3) is 0 Å². The quantitative estimate of drug-likeness (QED) is 0.206. The summed E-state index contributed by atoms with van der Waals surface area (Å²) in [6.45, 7) is 17.9. The molecule has 0 fully saturated rings. The molecule has 0 heterocycles. The van der Waals surface area contributed by atoms with Crippen LogP contribution >= 0.6 is 0 Å². The van der Waals surface area contributed by atoms with Crippen LogP contribution in [0.2, 0.25) is 0 Å². The van der Waals surface area contributed by atoms with Crippen molar-refractivity contribution in [2.24, 2.45) is 0 Å². The van der Waals surface area contributed by atoms with Gasteiger partial charge in [0.15, 0.2) is 0 Å². The molecule has 0 amide bonds. The van der Waals surface area contributed by atoms with Gasteiger partial charge in [-0.15, -0.1) is 0 Å². The van der Waals surface area contributed by atoms with Gasteiger partial charge in [-0.05, 0) is 0 Å². The molecule has 0 aromatic heterocycles. The van der Waals surface area contributed by atoms with Crippen molar-refractivity contribution in [3.8, 4) is 0 Å². The van der Waals surface area contributed by atoms with Crippen LogP contribution in [-0.4, -0.2) is 0 Å². The molecule has 0 nitrogen and oxygen atoms in total. The van der Waals surface area contributed by atoms with E-state index in [0.29, 0.717) is 0 Å². The molecular weight excluding hydrogens is 1240 g/mol. The third-order valence-corrected chi connectivity index (χ3v) is 20.1. The zero-order valence-corrected chi connectivity index (χ0v) is 46.5. The van der Waals surface area contributed by atoms with E-state index < -0.39 is 0 Å². The van der Waals surface area contributed by atoms with Crippen LogP contribution in [0.1, 0.15) is 63.8 Å². The van der Waals surface area contributed by atoms with Crippen LogP contribution in [0.4, 0.5) is 8.78 Å². The average Bonchev–Trinajstić information content (AvgIpc) is 3.28. The average molecular weight is 1300 g/mol. The molecule has 0 aliphatic rings. The second-order valence-corrected chi connectivity index (χ2v) is 29.1. The predicted molar refractivity (Wildman–Crippen MR) is 248 cm³/mol. The molecule has 8 aromatic carbocycles. The van der Waals surface area contributed by atoms with Crippen LogP contribution in [0.5, 0.6) is 0 Å². The Hall–Kier alpha value is -3.46. The molecule has 0 aliphatic carbocycles. The standard InChI is InChI=1S/C20H26I.C14H14I.C12H8F2I.C12H10I/c1-19(2,3)15-7-11-17(12-8-15)21-18-13-9-16(10-14-18)20(4,5)6;1-11-3-7-13(8-4-11)15-14-9-5-12(2)6-10-14;13-9-1-5-11(6-2-9)15-12-7-3-10(14)4-8-12;1-3-7-11(8-4-1)13-12-9-5-2-6-10-12/h7-14H,1-6H3;3-10H,1-2H3;1-8H;1-10H/q4*-1. The van der Waals surface area contributed by atoms with Gasteiger partial charge in [-0.3, -0.25) is 0 Å². The van der Waals surface area contributed by atoms with Crippen molar-refractivity contribution < 1.29 is 93.6 Å². The van der Waals surface area contributed by atoms with Crippen molar-refractivity contribution in [2.75, 3.05) is 0 Å². The molecule has 0 N–H and O–H groups in total. The summed E-state index contributed by atoms with van der Waals surface area (Å²) in [4.78, 5) is 0. The van der Waals surface area contributed by atoms with Gasteiger partial charge in [0.2, 0.25) is 0 Å². The van der Waals surface area contributed by atoms with Crippen molar-refractivity contribution >= 4 is 0 Å². The minimum atomic E-state index is -0.330. The van der Waals surface area contributed by atoms with E-state index in [-0.39, 0.29) is 107 Å². The monoisotopic (exact) mass is 1300 g/mol. The summed E-state index contributed by atoms with van der Waals surface area (Å²) in [6.07, 6.45) is 0. The fraction of sp³-hybridized carbons (Fsp3) is 0.172. The van der Waals surface area contributed by atoms with Crippen molar-refractivity contribution in [1.82, 2.24) is 0 Å². The molecule has 0 saturated heterocycles. The number of hydrogen-bond acceptors (Lipinski definition) is 0. The van der Waals surface area contributed by atoms with E-state index in [1.54, 1.807) is 24.3 Å². The number of aryl methyl sites for hydroxylation is 2. The van der Waals surface area contributed by atoms with E-state index >= 15 is 0 Å². The number of halogens is 6. The topological polar surface area (TPSA) is 0 Å². The SMILES string of the molecule is CC(C)(C)c1ccc([I-]c2ccc(C(C)(C)C)cc2)cc1.Cc1ccc([I-]c2ccc(C)cc2)cc1.Fc1ccc([I-]c2ccc(F)cc2)cc1.c1ccc([I-]c2ccccc2)cc1. The first-order chi connectivity index (χ1) is 30.6. The molecular formula is C58H58F2I4-4. The molecule has 0 atom stereocenters. The van der Waals surface area contributed by atoms with Crippen LogP contribution < -0.4 is 84.8 Å². The summed E-state index contributed by atoms with van der Waals surface area (Å²) >= 11 is -0.369. The van der Waals surface area contributed by atoms with E-state index in [0.717, 1.165) is 7.14 Å². The third-order valence-electron chi connectivity index (χ3n) is 9.39. The predicted octanol–water partition coefficient (Wildman–Crippen LogP) is 2.75. The van der Waals surface area contributed by atoms with Gasteiger partial charge in [0.05, 0.1) is 0 Å². The fourth-order valence-electron chi connectivity index (χ4n) is 5.66. The molecule has 336 valence electrons. The van der Waals surface area contributed by atoms with Crippen molar-refractivity contribution in [1.29, 1.82) is 0 Å². The van der Waals surface area contributed by atoms with E-state index in [1.807, 2.05) is 0 Å². The molecule has 64 heavy (non-hydrogen) atoms. The fourth-order valence-corrected chi connectivity index (χ4v) is 14.4. The Morgan fingerprint density at radius 1 is 0.266 bits per heavy atom. The van der Waals surface area contributed by atoms with Gasteiger partial charge in [-0.2, -0.15) is 0 Å². The molecule has 0 spiro atoms. The Kier molecular flexibility index (Phi) is 21.0. The van der Waals surface area contributed by atoms with E-state index in [4.69, 9.17) is 0 Å². The summed E-state index contributed by atoms with van der Waals surface area (Å²) < 4.78 is 36.5. The normalized spacial score (nSPS) is 11.2. The molecule has 0 unspecified atom stereocenters. The van der Waals surface area contributed by atoms with E-state index in [1.165, 1.54) is 67.9 Å². The summed E-state index contributed by atoms with van der Waals surface area (Å²) in [6, 6.07) is 70.6. The van der Waals surface area contributed by atoms with Gasteiger partial charge in [-0.1, -0.05) is 0 Å². The summed E-state index contributed by atoms with van der Waals surface area (Å²) in [5.41, 5.74) is 5.99. The van der Waals surface area contributed by atoms with Crippen molar-refractivity contribution in [3.63, 3.8) is 0 Å². The van der Waals surface area contributed by atoms with E-state index in [2.05, 4.69) is 213 Å². The Morgan fingerprint density at radius 3 is 0.703 bits per heavy atom. The molecule has 8 aromatic rings. The zero-order valence-electron chi connectivity index (χ0n) is 37.9. The maximum absolute atomic E-state index is 12.6. The Bertz CT molecular complexity index is 2260. The second kappa shape index (κ2) is 26.0. The van der Waals surface area contributed by atoms with Gasteiger partial charge in [0, 0.05) is 0 Å². The molecule has 0 radical (unpaired) electrons. The van der Waals surface area contributed by atoms with Crippen molar-refractivity contribution in [2.45, 2.75) is 66.2 Å². The summed E-state index contributed by atoms with van der Waals surface area (Å²) in [5, 5.41) is 0. The molecule has 0 aliphatic heterocycles. The molecule has 0 saturated carbocycles. The number of hydrogen-bond donors (Lipinski definition) is 0. The van der Waals surface area contributed by atoms with Gasteiger partial charge in [0.1, 0.15) is 0 Å². The van der Waals surface area contributed by atoms with Crippen LogP contribution in [-0.2, 0) is 10.8 Å². The Labute approximate surface area is 423 Å². The minimum absolute atomic E-state index is 0.00313. The molecule has 0 bridgehead atoms.